The number of nitrogens with zero attached hydrogens (tertiary/aromatic N) is 1. The summed E-state index contributed by atoms with van der Waals surface area (Å²) in [6.45, 7) is 3.59. The molecular weight excluding hydrogens is 759 g/mol. The Morgan fingerprint density at radius 1 is 0.729 bits per heavy atom. The highest BCUT2D eigenvalue weighted by Gasteiger charge is 2.33. The third kappa shape index (κ3) is 11.4. The van der Waals surface area contributed by atoms with Gasteiger partial charge in [-0.3, -0.25) is 9.69 Å². The summed E-state index contributed by atoms with van der Waals surface area (Å²) in [6.07, 6.45) is -0.0585. The van der Waals surface area contributed by atoms with E-state index in [4.69, 9.17) is 9.47 Å². The molecule has 0 spiro atoms. The zero-order valence-corrected chi connectivity index (χ0v) is 34.2. The van der Waals surface area contributed by atoms with Crippen molar-refractivity contribution in [3.8, 4) is 11.1 Å². The molecule has 10 heteroatoms. The average molecular weight is 810 g/mol. The number of rotatable bonds is 16. The predicted molar refractivity (Wildman–Crippen MR) is 230 cm³/mol. The lowest BCUT2D eigenvalue weighted by Crippen LogP contribution is -2.47. The van der Waals surface area contributed by atoms with Crippen molar-refractivity contribution in [3.63, 3.8) is 0 Å². The number of carbonyl (C=O) groups is 1. The first kappa shape index (κ1) is 41.7. The Balaban J connectivity index is 1.06. The second-order valence-electron chi connectivity index (χ2n) is 15.3. The van der Waals surface area contributed by atoms with E-state index in [-0.39, 0.29) is 36.7 Å². The van der Waals surface area contributed by atoms with Crippen molar-refractivity contribution in [3.05, 3.63) is 197 Å². The van der Waals surface area contributed by atoms with Gasteiger partial charge in [0.2, 0.25) is 15.9 Å². The summed E-state index contributed by atoms with van der Waals surface area (Å²) in [5.74, 6) is -0.423. The number of nitrogens with one attached hydrogen (secondary N) is 2. The van der Waals surface area contributed by atoms with Crippen LogP contribution in [0.2, 0.25) is 0 Å². The van der Waals surface area contributed by atoms with Crippen LogP contribution >= 0.6 is 0 Å². The first-order chi connectivity index (χ1) is 28.6. The topological polar surface area (TPSA) is 117 Å². The van der Waals surface area contributed by atoms with Gasteiger partial charge in [0.25, 0.3) is 0 Å². The third-order valence-corrected chi connectivity index (χ3v) is 12.0. The van der Waals surface area contributed by atoms with E-state index in [1.54, 1.807) is 24.3 Å². The van der Waals surface area contributed by atoms with E-state index < -0.39 is 28.3 Å². The lowest BCUT2D eigenvalue weighted by molar-refractivity contribution is -0.252. The van der Waals surface area contributed by atoms with Crippen LogP contribution in [-0.2, 0) is 50.4 Å². The lowest BCUT2D eigenvalue weighted by Gasteiger charge is -2.38. The minimum absolute atomic E-state index is 0.0182. The fourth-order valence-electron chi connectivity index (χ4n) is 7.39. The van der Waals surface area contributed by atoms with Crippen molar-refractivity contribution >= 4 is 15.9 Å². The van der Waals surface area contributed by atoms with Gasteiger partial charge in [-0.2, -0.15) is 4.72 Å². The summed E-state index contributed by atoms with van der Waals surface area (Å²) >= 11 is 0. The van der Waals surface area contributed by atoms with Gasteiger partial charge in [-0.15, -0.1) is 0 Å². The average Bonchev–Trinajstić information content (AvgIpc) is 3.26. The number of carbonyl (C=O) groups excluding carboxylic acids is 1. The fourth-order valence-corrected chi connectivity index (χ4v) is 8.58. The number of aryl methyl sites for hydroxylation is 1. The highest BCUT2D eigenvalue weighted by molar-refractivity contribution is 7.89. The molecule has 3 N–H and O–H groups in total. The van der Waals surface area contributed by atoms with Crippen molar-refractivity contribution in [1.82, 2.24) is 14.9 Å². The van der Waals surface area contributed by atoms with Crippen LogP contribution in [0, 0.1) is 6.92 Å². The maximum absolute atomic E-state index is 13.7. The van der Waals surface area contributed by atoms with E-state index in [0.29, 0.717) is 13.0 Å². The van der Waals surface area contributed by atoms with E-state index >= 15 is 0 Å². The first-order valence-electron chi connectivity index (χ1n) is 19.9. The van der Waals surface area contributed by atoms with Gasteiger partial charge < -0.3 is 19.9 Å². The molecule has 6 aromatic rings. The zero-order chi connectivity index (χ0) is 41.2. The van der Waals surface area contributed by atoms with Gasteiger partial charge >= 0.3 is 0 Å². The first-order valence-corrected chi connectivity index (χ1v) is 21.4. The molecule has 1 heterocycles. The molecule has 0 bridgehead atoms. The van der Waals surface area contributed by atoms with Gasteiger partial charge in [-0.1, -0.05) is 139 Å². The van der Waals surface area contributed by atoms with Crippen molar-refractivity contribution in [1.29, 1.82) is 0 Å². The quantitative estimate of drug-likeness (QED) is 0.0907. The normalized spacial score (nSPS) is 17.4. The highest BCUT2D eigenvalue weighted by Crippen LogP contribution is 2.39. The molecule has 1 saturated heterocycles. The molecule has 7 rings (SSSR count). The van der Waals surface area contributed by atoms with Crippen LogP contribution in [0.1, 0.15) is 57.8 Å². The van der Waals surface area contributed by atoms with E-state index in [1.165, 1.54) is 5.56 Å². The summed E-state index contributed by atoms with van der Waals surface area (Å²) in [4.78, 5) is 16.1. The number of amides is 1. The molecule has 1 fully saturated rings. The number of aliphatic hydroxyl groups excluding tert-OH is 1. The van der Waals surface area contributed by atoms with Gasteiger partial charge in [-0.25, -0.2) is 8.42 Å². The number of likely N-dealkylation sites (N-methyl/N-ethyl adjacent to an activating group) is 1. The van der Waals surface area contributed by atoms with Gasteiger partial charge in [-0.05, 0) is 83.6 Å². The summed E-state index contributed by atoms with van der Waals surface area (Å²) in [5.41, 5.74) is 8.55. The largest absolute Gasteiger partial charge is 0.392 e. The molecular formula is C49H51N3O6S. The summed E-state index contributed by atoms with van der Waals surface area (Å²) in [5, 5.41) is 12.6. The van der Waals surface area contributed by atoms with Crippen molar-refractivity contribution in [2.24, 2.45) is 0 Å². The Kier molecular flexibility index (Phi) is 13.8. The lowest BCUT2D eigenvalue weighted by atomic mass is 9.98. The van der Waals surface area contributed by atoms with Crippen LogP contribution in [0.5, 0.6) is 0 Å². The van der Waals surface area contributed by atoms with Gasteiger partial charge in [0.1, 0.15) is 6.04 Å². The monoisotopic (exact) mass is 809 g/mol. The molecule has 59 heavy (non-hydrogen) atoms. The minimum Gasteiger partial charge on any atom is -0.392 e. The van der Waals surface area contributed by atoms with Crippen molar-refractivity contribution < 1.29 is 27.8 Å². The number of hydrogen-bond donors (Lipinski definition) is 3. The summed E-state index contributed by atoms with van der Waals surface area (Å²) in [7, 11) is -1.86. The molecule has 1 aliphatic rings. The second-order valence-corrected chi connectivity index (χ2v) is 17.0. The molecule has 9 nitrogen and oxygen atoms in total. The maximum Gasteiger partial charge on any atom is 0.241 e. The minimum atomic E-state index is -3.97. The molecule has 0 radical (unpaired) electrons. The van der Waals surface area contributed by atoms with Gasteiger partial charge in [0.05, 0.1) is 23.7 Å². The molecule has 1 aliphatic heterocycles. The maximum atomic E-state index is 13.7. The third-order valence-electron chi connectivity index (χ3n) is 10.5. The van der Waals surface area contributed by atoms with Crippen LogP contribution < -0.4 is 10.0 Å². The second kappa shape index (κ2) is 19.5. The molecule has 0 aromatic heterocycles. The van der Waals surface area contributed by atoms with Crippen LogP contribution in [0.3, 0.4) is 0 Å². The number of sulfonamides is 1. The van der Waals surface area contributed by atoms with Crippen LogP contribution in [0.25, 0.3) is 11.1 Å². The van der Waals surface area contributed by atoms with E-state index in [0.717, 1.165) is 51.1 Å². The summed E-state index contributed by atoms with van der Waals surface area (Å²) < 4.78 is 42.8. The SMILES string of the molecule is Cc1ccc(S(=O)(=O)NC(Cc2ccccc2)C(=O)NCc2cccc(-c3cccc(C4OC(CN(C)Cc5ccccc5)CC(c5ccc(CO)cc5)O4)c3)c2)cc1. The Bertz CT molecular complexity index is 2390. The molecule has 4 atom stereocenters. The molecule has 0 saturated carbocycles. The summed E-state index contributed by atoms with van der Waals surface area (Å²) in [6, 6.07) is 49.3. The van der Waals surface area contributed by atoms with Crippen LogP contribution in [-0.4, -0.2) is 50.1 Å². The standard InChI is InChI=1S/C49H51N3O6S/c1-35-19-25-45(26-20-35)59(55,56)51-46(28-36-11-5-3-6-12-36)48(54)50-31-39-15-9-16-41(27-39)42-17-10-18-43(29-42)49-57-44(33-52(2)32-37-13-7-4-8-14-37)30-47(58-49)40-23-21-38(34-53)22-24-40/h3-27,29,44,46-47,49,51,53H,28,30-34H2,1-2H3,(H,50,54). The Morgan fingerprint density at radius 2 is 1.37 bits per heavy atom. The zero-order valence-electron chi connectivity index (χ0n) is 33.4. The van der Waals surface area contributed by atoms with Crippen molar-refractivity contribution in [2.45, 2.75) is 68.9 Å². The van der Waals surface area contributed by atoms with Crippen LogP contribution in [0.4, 0.5) is 0 Å². The van der Waals surface area contributed by atoms with E-state index in [2.05, 4.69) is 52.3 Å². The fraction of sp³-hybridized carbons (Fsp3) is 0.245. The molecule has 6 aromatic carbocycles. The van der Waals surface area contributed by atoms with Crippen molar-refractivity contribution in [2.75, 3.05) is 13.6 Å². The molecule has 1 amide bonds. The Morgan fingerprint density at radius 3 is 2.07 bits per heavy atom. The van der Waals surface area contributed by atoms with E-state index in [1.807, 2.05) is 110 Å². The number of aliphatic hydroxyl groups is 1. The van der Waals surface area contributed by atoms with Crippen LogP contribution in [0.15, 0.2) is 163 Å². The number of benzene rings is 6. The van der Waals surface area contributed by atoms with E-state index in [9.17, 15) is 18.3 Å². The molecule has 304 valence electrons. The number of ether oxygens (including phenoxy) is 2. The van der Waals surface area contributed by atoms with Gasteiger partial charge in [0.15, 0.2) is 6.29 Å². The Hall–Kier alpha value is -5.46. The highest BCUT2D eigenvalue weighted by atomic mass is 32.2. The molecule has 4 unspecified atom stereocenters. The smallest absolute Gasteiger partial charge is 0.241 e. The number of hydrogen-bond acceptors (Lipinski definition) is 7. The predicted octanol–water partition coefficient (Wildman–Crippen LogP) is 8.04. The molecule has 0 aliphatic carbocycles. The van der Waals surface area contributed by atoms with Gasteiger partial charge in [0, 0.05) is 31.6 Å². The Labute approximate surface area is 347 Å².